The van der Waals surface area contributed by atoms with Crippen molar-refractivity contribution in [2.45, 2.75) is 13.3 Å². The molecule has 3 aromatic rings. The second-order valence-electron chi connectivity index (χ2n) is 6.57. The molecule has 0 radical (unpaired) electrons. The molecule has 1 aliphatic heterocycles. The van der Waals surface area contributed by atoms with Crippen molar-refractivity contribution in [3.63, 3.8) is 0 Å². The SMILES string of the molecule is CCCNc1cc(C(=O)Nc2ccc3c(c2)OCCO3)nc(-c2ccccc2)n1. The molecule has 7 nitrogen and oxygen atoms in total. The van der Waals surface area contributed by atoms with Crippen molar-refractivity contribution in [2.75, 3.05) is 30.4 Å². The average Bonchev–Trinajstić information content (AvgIpc) is 2.78. The first-order valence-electron chi connectivity index (χ1n) is 9.62. The number of anilines is 2. The molecule has 29 heavy (non-hydrogen) atoms. The van der Waals surface area contributed by atoms with Gasteiger partial charge in [0.05, 0.1) is 0 Å². The van der Waals surface area contributed by atoms with Crippen molar-refractivity contribution >= 4 is 17.4 Å². The Morgan fingerprint density at radius 1 is 1.00 bits per heavy atom. The fourth-order valence-corrected chi connectivity index (χ4v) is 2.94. The van der Waals surface area contributed by atoms with Crippen molar-refractivity contribution in [3.8, 4) is 22.9 Å². The van der Waals surface area contributed by atoms with Gasteiger partial charge in [-0.3, -0.25) is 4.79 Å². The zero-order chi connectivity index (χ0) is 20.1. The van der Waals surface area contributed by atoms with E-state index in [0.29, 0.717) is 42.0 Å². The predicted octanol–water partition coefficient (Wildman–Crippen LogP) is 3.99. The summed E-state index contributed by atoms with van der Waals surface area (Å²) >= 11 is 0. The summed E-state index contributed by atoms with van der Waals surface area (Å²) in [6.07, 6.45) is 0.948. The molecule has 0 saturated heterocycles. The third kappa shape index (κ3) is 4.45. The smallest absolute Gasteiger partial charge is 0.274 e. The molecule has 148 valence electrons. The molecule has 1 aromatic heterocycles. The number of hydrogen-bond donors (Lipinski definition) is 2. The molecule has 0 fully saturated rings. The lowest BCUT2D eigenvalue weighted by atomic mass is 10.2. The summed E-state index contributed by atoms with van der Waals surface area (Å²) < 4.78 is 11.1. The molecular formula is C22H22N4O3. The molecular weight excluding hydrogens is 368 g/mol. The quantitative estimate of drug-likeness (QED) is 0.662. The van der Waals surface area contributed by atoms with Crippen LogP contribution in [0.3, 0.4) is 0 Å². The number of nitrogens with zero attached hydrogens (tertiary/aromatic N) is 2. The Kier molecular flexibility index (Phi) is 5.56. The van der Waals surface area contributed by atoms with E-state index in [2.05, 4.69) is 27.5 Å². The monoisotopic (exact) mass is 390 g/mol. The van der Waals surface area contributed by atoms with Crippen LogP contribution in [0, 0.1) is 0 Å². The van der Waals surface area contributed by atoms with E-state index in [1.54, 1.807) is 24.3 Å². The number of hydrogen-bond acceptors (Lipinski definition) is 6. The number of fused-ring (bicyclic) bond motifs is 1. The molecule has 7 heteroatoms. The number of carbonyl (C=O) groups excluding carboxylic acids is 1. The maximum absolute atomic E-state index is 12.9. The van der Waals surface area contributed by atoms with Gasteiger partial charge in [0, 0.05) is 29.9 Å². The first kappa shape index (κ1) is 18.7. The van der Waals surface area contributed by atoms with Gasteiger partial charge < -0.3 is 20.1 Å². The van der Waals surface area contributed by atoms with Crippen LogP contribution >= 0.6 is 0 Å². The second-order valence-corrected chi connectivity index (χ2v) is 6.57. The molecule has 2 N–H and O–H groups in total. The van der Waals surface area contributed by atoms with Crippen LogP contribution in [0.1, 0.15) is 23.8 Å². The van der Waals surface area contributed by atoms with E-state index < -0.39 is 0 Å². The molecule has 2 heterocycles. The van der Waals surface area contributed by atoms with Crippen LogP contribution in [-0.2, 0) is 0 Å². The first-order valence-corrected chi connectivity index (χ1v) is 9.62. The number of benzene rings is 2. The zero-order valence-electron chi connectivity index (χ0n) is 16.1. The third-order valence-electron chi connectivity index (χ3n) is 4.35. The Morgan fingerprint density at radius 2 is 1.79 bits per heavy atom. The van der Waals surface area contributed by atoms with E-state index in [1.807, 2.05) is 30.3 Å². The minimum Gasteiger partial charge on any atom is -0.486 e. The number of ether oxygens (including phenoxy) is 2. The number of nitrogens with one attached hydrogen (secondary N) is 2. The highest BCUT2D eigenvalue weighted by Gasteiger charge is 2.16. The summed E-state index contributed by atoms with van der Waals surface area (Å²) in [4.78, 5) is 21.9. The Labute approximate surface area is 169 Å². The van der Waals surface area contributed by atoms with Gasteiger partial charge in [0.1, 0.15) is 24.7 Å². The average molecular weight is 390 g/mol. The largest absolute Gasteiger partial charge is 0.486 e. The normalized spacial score (nSPS) is 12.3. The highest BCUT2D eigenvalue weighted by atomic mass is 16.6. The second kappa shape index (κ2) is 8.60. The summed E-state index contributed by atoms with van der Waals surface area (Å²) in [7, 11) is 0. The third-order valence-corrected chi connectivity index (χ3v) is 4.35. The number of rotatable bonds is 6. The van der Waals surface area contributed by atoms with Crippen LogP contribution in [0.5, 0.6) is 11.5 Å². The summed E-state index contributed by atoms with van der Waals surface area (Å²) in [5, 5.41) is 6.11. The highest BCUT2D eigenvalue weighted by molar-refractivity contribution is 6.03. The van der Waals surface area contributed by atoms with Crippen molar-refractivity contribution in [1.29, 1.82) is 0 Å². The number of carbonyl (C=O) groups is 1. The van der Waals surface area contributed by atoms with Gasteiger partial charge in [-0.05, 0) is 18.6 Å². The fourth-order valence-electron chi connectivity index (χ4n) is 2.94. The Hall–Kier alpha value is -3.61. The van der Waals surface area contributed by atoms with Crippen LogP contribution < -0.4 is 20.1 Å². The van der Waals surface area contributed by atoms with Crippen LogP contribution in [0.15, 0.2) is 54.6 Å². The van der Waals surface area contributed by atoms with Crippen molar-refractivity contribution < 1.29 is 14.3 Å². The molecule has 0 aliphatic carbocycles. The highest BCUT2D eigenvalue weighted by Crippen LogP contribution is 2.32. The van der Waals surface area contributed by atoms with Gasteiger partial charge in [0.25, 0.3) is 5.91 Å². The maximum Gasteiger partial charge on any atom is 0.274 e. The van der Waals surface area contributed by atoms with E-state index in [9.17, 15) is 4.79 Å². The van der Waals surface area contributed by atoms with Gasteiger partial charge in [-0.2, -0.15) is 0 Å². The van der Waals surface area contributed by atoms with Crippen molar-refractivity contribution in [1.82, 2.24) is 9.97 Å². The predicted molar refractivity (Wildman–Crippen MR) is 112 cm³/mol. The van der Waals surface area contributed by atoms with E-state index in [0.717, 1.165) is 18.5 Å². The minimum absolute atomic E-state index is 0.285. The molecule has 0 unspecified atom stereocenters. The molecule has 0 saturated carbocycles. The molecule has 0 atom stereocenters. The van der Waals surface area contributed by atoms with Gasteiger partial charge in [-0.15, -0.1) is 0 Å². The van der Waals surface area contributed by atoms with E-state index in [1.165, 1.54) is 0 Å². The summed E-state index contributed by atoms with van der Waals surface area (Å²) in [5.74, 6) is 2.09. The van der Waals surface area contributed by atoms with Gasteiger partial charge in [0.15, 0.2) is 17.3 Å². The lowest BCUT2D eigenvalue weighted by Crippen LogP contribution is -2.17. The van der Waals surface area contributed by atoms with E-state index in [-0.39, 0.29) is 11.6 Å². The molecule has 2 aromatic carbocycles. The lowest BCUT2D eigenvalue weighted by molar-refractivity contribution is 0.102. The van der Waals surface area contributed by atoms with Crippen LogP contribution in [-0.4, -0.2) is 35.6 Å². The molecule has 0 spiro atoms. The van der Waals surface area contributed by atoms with Gasteiger partial charge in [-0.25, -0.2) is 9.97 Å². The number of aromatic nitrogens is 2. The van der Waals surface area contributed by atoms with Crippen LogP contribution in [0.4, 0.5) is 11.5 Å². The minimum atomic E-state index is -0.319. The van der Waals surface area contributed by atoms with Crippen molar-refractivity contribution in [3.05, 3.63) is 60.3 Å². The Bertz CT molecular complexity index is 1010. The van der Waals surface area contributed by atoms with E-state index >= 15 is 0 Å². The van der Waals surface area contributed by atoms with Crippen molar-refractivity contribution in [2.24, 2.45) is 0 Å². The maximum atomic E-state index is 12.9. The van der Waals surface area contributed by atoms with E-state index in [4.69, 9.17) is 9.47 Å². The van der Waals surface area contributed by atoms with Gasteiger partial charge in [0.2, 0.25) is 0 Å². The standard InChI is InChI=1S/C22H22N4O3/c1-2-10-23-20-14-17(25-21(26-20)15-6-4-3-5-7-15)22(27)24-16-8-9-18-19(13-16)29-12-11-28-18/h3-9,13-14H,2,10-12H2,1H3,(H,24,27)(H,23,25,26). The molecule has 0 bridgehead atoms. The zero-order valence-corrected chi connectivity index (χ0v) is 16.1. The van der Waals surface area contributed by atoms with Crippen LogP contribution in [0.25, 0.3) is 11.4 Å². The summed E-state index contributed by atoms with van der Waals surface area (Å²) in [6.45, 7) is 3.84. The molecule has 1 amide bonds. The van der Waals surface area contributed by atoms with Crippen LogP contribution in [0.2, 0.25) is 0 Å². The lowest BCUT2D eigenvalue weighted by Gasteiger charge is -2.19. The Balaban J connectivity index is 1.61. The molecule has 1 aliphatic rings. The summed E-state index contributed by atoms with van der Waals surface area (Å²) in [5.41, 5.74) is 1.75. The topological polar surface area (TPSA) is 85.4 Å². The Morgan fingerprint density at radius 3 is 2.59 bits per heavy atom. The first-order chi connectivity index (χ1) is 14.2. The molecule has 4 rings (SSSR count). The number of amides is 1. The fraction of sp³-hybridized carbons (Fsp3) is 0.227. The van der Waals surface area contributed by atoms with Gasteiger partial charge >= 0.3 is 0 Å². The summed E-state index contributed by atoms with van der Waals surface area (Å²) in [6, 6.07) is 16.6. The van der Waals surface area contributed by atoms with Gasteiger partial charge in [-0.1, -0.05) is 37.3 Å².